The lowest BCUT2D eigenvalue weighted by molar-refractivity contribution is 0.0655. The summed E-state index contributed by atoms with van der Waals surface area (Å²) < 4.78 is 34.5. The van der Waals surface area contributed by atoms with E-state index >= 15 is 0 Å². The van der Waals surface area contributed by atoms with Crippen LogP contribution in [0.3, 0.4) is 0 Å². The number of benzene rings is 1. The number of hydrogen-bond acceptors (Lipinski definition) is 6. The average molecular weight is 421 g/mol. The Morgan fingerprint density at radius 2 is 2.04 bits per heavy atom. The van der Waals surface area contributed by atoms with Crippen LogP contribution in [0.4, 0.5) is 0 Å². The summed E-state index contributed by atoms with van der Waals surface area (Å²) in [5.41, 5.74) is 0.845. The van der Waals surface area contributed by atoms with Gasteiger partial charge in [-0.3, -0.25) is 4.79 Å². The van der Waals surface area contributed by atoms with Gasteiger partial charge in [-0.25, -0.2) is 8.42 Å². The fraction of sp³-hybridized carbons (Fsp3) is 0.263. The first kappa shape index (κ1) is 18.8. The second-order valence-electron chi connectivity index (χ2n) is 6.65. The monoisotopic (exact) mass is 420 g/mol. The van der Waals surface area contributed by atoms with Crippen LogP contribution in [0.15, 0.2) is 57.7 Å². The molecule has 1 atom stereocenters. The Morgan fingerprint density at radius 1 is 1.25 bits per heavy atom. The van der Waals surface area contributed by atoms with Gasteiger partial charge in [-0.1, -0.05) is 16.8 Å². The zero-order valence-electron chi connectivity index (χ0n) is 14.7. The van der Waals surface area contributed by atoms with Crippen LogP contribution in [0.1, 0.15) is 22.7 Å². The second kappa shape index (κ2) is 7.44. The summed E-state index contributed by atoms with van der Waals surface area (Å²) >= 11 is 5.89. The van der Waals surface area contributed by atoms with Gasteiger partial charge in [0.05, 0.1) is 24.3 Å². The molecule has 1 aliphatic heterocycles. The minimum Gasteiger partial charge on any atom is -0.467 e. The SMILES string of the molecule is O=C(c1cc(-c2ccc(Cl)cc2)on1)N(Cc1ccco1)[C@@H]1CCS(=O)(=O)C1. The minimum absolute atomic E-state index is 0.0639. The molecular weight excluding hydrogens is 404 g/mol. The van der Waals surface area contributed by atoms with Gasteiger partial charge >= 0.3 is 0 Å². The van der Waals surface area contributed by atoms with E-state index in [1.165, 1.54) is 11.2 Å². The first-order chi connectivity index (χ1) is 13.4. The lowest BCUT2D eigenvalue weighted by Gasteiger charge is -2.26. The van der Waals surface area contributed by atoms with Gasteiger partial charge in [0, 0.05) is 22.7 Å². The molecule has 28 heavy (non-hydrogen) atoms. The van der Waals surface area contributed by atoms with Crippen molar-refractivity contribution in [2.45, 2.75) is 19.0 Å². The van der Waals surface area contributed by atoms with Gasteiger partial charge in [-0.15, -0.1) is 0 Å². The molecule has 0 unspecified atom stereocenters. The molecule has 4 rings (SSSR count). The van der Waals surface area contributed by atoms with Crippen molar-refractivity contribution < 1.29 is 22.2 Å². The molecule has 1 amide bonds. The number of carbonyl (C=O) groups excluding carboxylic acids is 1. The van der Waals surface area contributed by atoms with Crippen LogP contribution in [0.5, 0.6) is 0 Å². The van der Waals surface area contributed by atoms with E-state index in [0.29, 0.717) is 23.0 Å². The third-order valence-electron chi connectivity index (χ3n) is 4.67. The molecule has 0 bridgehead atoms. The van der Waals surface area contributed by atoms with Gasteiger partial charge in [0.1, 0.15) is 5.76 Å². The van der Waals surface area contributed by atoms with E-state index in [0.717, 1.165) is 5.56 Å². The number of halogens is 1. The lowest BCUT2D eigenvalue weighted by atomic mass is 10.1. The van der Waals surface area contributed by atoms with E-state index in [9.17, 15) is 13.2 Å². The van der Waals surface area contributed by atoms with Gasteiger partial charge in [-0.2, -0.15) is 0 Å². The van der Waals surface area contributed by atoms with Crippen LogP contribution in [-0.2, 0) is 16.4 Å². The quantitative estimate of drug-likeness (QED) is 0.627. The Morgan fingerprint density at radius 3 is 2.68 bits per heavy atom. The number of aromatic nitrogens is 1. The molecule has 1 saturated heterocycles. The first-order valence-corrected chi connectivity index (χ1v) is 10.9. The number of amides is 1. The number of nitrogens with zero attached hydrogens (tertiary/aromatic N) is 2. The highest BCUT2D eigenvalue weighted by Crippen LogP contribution is 2.26. The molecule has 1 aliphatic rings. The van der Waals surface area contributed by atoms with Crippen molar-refractivity contribution in [3.05, 3.63) is 65.2 Å². The number of furan rings is 1. The van der Waals surface area contributed by atoms with Crippen LogP contribution in [0.2, 0.25) is 5.02 Å². The fourth-order valence-corrected chi connectivity index (χ4v) is 5.09. The van der Waals surface area contributed by atoms with Crippen molar-refractivity contribution in [1.29, 1.82) is 0 Å². The van der Waals surface area contributed by atoms with E-state index in [1.807, 2.05) is 0 Å². The van der Waals surface area contributed by atoms with Gasteiger partial charge in [0.15, 0.2) is 21.3 Å². The van der Waals surface area contributed by atoms with Crippen molar-refractivity contribution in [2.24, 2.45) is 0 Å². The van der Waals surface area contributed by atoms with E-state index in [-0.39, 0.29) is 23.7 Å². The molecular formula is C19H17ClN2O5S. The molecule has 146 valence electrons. The second-order valence-corrected chi connectivity index (χ2v) is 9.32. The third-order valence-corrected chi connectivity index (χ3v) is 6.68. The molecule has 3 heterocycles. The number of hydrogen-bond donors (Lipinski definition) is 0. The van der Waals surface area contributed by atoms with Crippen LogP contribution in [0, 0.1) is 0 Å². The lowest BCUT2D eigenvalue weighted by Crippen LogP contribution is -2.40. The highest BCUT2D eigenvalue weighted by Gasteiger charge is 2.36. The smallest absolute Gasteiger partial charge is 0.276 e. The summed E-state index contributed by atoms with van der Waals surface area (Å²) in [6, 6.07) is 11.5. The predicted molar refractivity (Wildman–Crippen MR) is 103 cm³/mol. The highest BCUT2D eigenvalue weighted by molar-refractivity contribution is 7.91. The van der Waals surface area contributed by atoms with Crippen LogP contribution >= 0.6 is 11.6 Å². The van der Waals surface area contributed by atoms with Crippen molar-refractivity contribution in [2.75, 3.05) is 11.5 Å². The third kappa shape index (κ3) is 3.98. The Kier molecular flexibility index (Phi) is 4.99. The molecule has 0 saturated carbocycles. The van der Waals surface area contributed by atoms with Crippen molar-refractivity contribution in [3.8, 4) is 11.3 Å². The fourth-order valence-electron chi connectivity index (χ4n) is 3.23. The van der Waals surface area contributed by atoms with Crippen LogP contribution < -0.4 is 0 Å². The zero-order chi connectivity index (χ0) is 19.7. The number of carbonyl (C=O) groups is 1. The van der Waals surface area contributed by atoms with Crippen LogP contribution in [-0.4, -0.2) is 41.9 Å². The zero-order valence-corrected chi connectivity index (χ0v) is 16.3. The largest absolute Gasteiger partial charge is 0.467 e. The molecule has 2 aromatic heterocycles. The minimum atomic E-state index is -3.16. The Balaban J connectivity index is 1.61. The van der Waals surface area contributed by atoms with E-state index < -0.39 is 21.8 Å². The number of rotatable bonds is 5. The van der Waals surface area contributed by atoms with Gasteiger partial charge < -0.3 is 13.8 Å². The highest BCUT2D eigenvalue weighted by atomic mass is 35.5. The summed E-state index contributed by atoms with van der Waals surface area (Å²) in [4.78, 5) is 14.6. The Hall–Kier alpha value is -2.58. The number of sulfone groups is 1. The van der Waals surface area contributed by atoms with Gasteiger partial charge in [0.25, 0.3) is 5.91 Å². The van der Waals surface area contributed by atoms with E-state index in [4.69, 9.17) is 20.5 Å². The predicted octanol–water partition coefficient (Wildman–Crippen LogP) is 3.42. The summed E-state index contributed by atoms with van der Waals surface area (Å²) in [6.45, 7) is 0.162. The van der Waals surface area contributed by atoms with Crippen molar-refractivity contribution in [1.82, 2.24) is 10.1 Å². The average Bonchev–Trinajstić information content (AvgIpc) is 3.40. The molecule has 7 nitrogen and oxygen atoms in total. The van der Waals surface area contributed by atoms with E-state index in [1.54, 1.807) is 42.5 Å². The Labute approximate surface area is 166 Å². The molecule has 0 aliphatic carbocycles. The maximum atomic E-state index is 13.1. The van der Waals surface area contributed by atoms with E-state index in [2.05, 4.69) is 5.16 Å². The molecule has 0 spiro atoms. The maximum Gasteiger partial charge on any atom is 0.276 e. The summed E-state index contributed by atoms with van der Waals surface area (Å²) in [7, 11) is -3.16. The maximum absolute atomic E-state index is 13.1. The van der Waals surface area contributed by atoms with Gasteiger partial charge in [0.2, 0.25) is 0 Å². The molecule has 3 aromatic rings. The normalized spacial score (nSPS) is 18.2. The van der Waals surface area contributed by atoms with Gasteiger partial charge in [-0.05, 0) is 42.8 Å². The van der Waals surface area contributed by atoms with Crippen molar-refractivity contribution >= 4 is 27.3 Å². The topological polar surface area (TPSA) is 93.6 Å². The summed E-state index contributed by atoms with van der Waals surface area (Å²) in [5, 5.41) is 4.48. The Bertz CT molecular complexity index is 1070. The van der Waals surface area contributed by atoms with Crippen molar-refractivity contribution in [3.63, 3.8) is 0 Å². The molecule has 1 aromatic carbocycles. The standard InChI is InChI=1S/C19H17ClN2O5S/c20-14-5-3-13(4-6-14)18-10-17(21-27-18)19(23)22(11-16-2-1-8-26-16)15-7-9-28(24,25)12-15/h1-6,8,10,15H,7,9,11-12H2/t15-/m1/s1. The first-order valence-electron chi connectivity index (χ1n) is 8.68. The summed E-state index contributed by atoms with van der Waals surface area (Å²) in [6.07, 6.45) is 1.90. The molecule has 0 N–H and O–H groups in total. The molecule has 9 heteroatoms. The van der Waals surface area contributed by atoms with Crippen LogP contribution in [0.25, 0.3) is 11.3 Å². The molecule has 1 fully saturated rings. The summed E-state index contributed by atoms with van der Waals surface area (Å²) in [5.74, 6) is 0.592. The molecule has 0 radical (unpaired) electrons.